The molecule has 0 bridgehead atoms. The second kappa shape index (κ2) is 8.37. The molecule has 2 heterocycles. The van der Waals surface area contributed by atoms with E-state index >= 15 is 0 Å². The molecule has 172 valence electrons. The molecule has 1 saturated heterocycles. The van der Waals surface area contributed by atoms with Crippen molar-refractivity contribution in [3.05, 3.63) is 47.2 Å². The molecule has 0 amide bonds. The molecule has 0 saturated carbocycles. The minimum absolute atomic E-state index is 0.0512. The van der Waals surface area contributed by atoms with Crippen LogP contribution in [-0.4, -0.2) is 78.2 Å². The first-order valence-electron chi connectivity index (χ1n) is 9.63. The summed E-state index contributed by atoms with van der Waals surface area (Å²) in [6.45, 7) is -0.625. The number of ether oxygens (including phenoxy) is 3. The zero-order valence-corrected chi connectivity index (χ0v) is 16.4. The van der Waals surface area contributed by atoms with Gasteiger partial charge in [0.25, 0.3) is 0 Å². The molecule has 0 aliphatic carbocycles. The molecule has 2 aromatic rings. The highest BCUT2D eigenvalue weighted by molar-refractivity contribution is 5.69. The molecule has 0 aromatic heterocycles. The SMILES string of the molecule is OC[C@H]1O[C@@H](O)[C@H](Oc2cc(O)c3c(c2)OC(c2ccc(O)c(O)c2)C(O)=C3)[C@@H](O)[C@H]1O. The van der Waals surface area contributed by atoms with E-state index in [-0.39, 0.29) is 34.3 Å². The van der Waals surface area contributed by atoms with Gasteiger partial charge in [0.05, 0.1) is 12.2 Å². The van der Waals surface area contributed by atoms with Crippen LogP contribution in [0.2, 0.25) is 0 Å². The molecule has 11 heteroatoms. The van der Waals surface area contributed by atoms with E-state index in [1.165, 1.54) is 30.3 Å². The lowest BCUT2D eigenvalue weighted by atomic mass is 9.99. The molecule has 32 heavy (non-hydrogen) atoms. The number of rotatable bonds is 4. The number of benzene rings is 2. The summed E-state index contributed by atoms with van der Waals surface area (Å²) >= 11 is 0. The van der Waals surface area contributed by atoms with Crippen LogP contribution in [0.5, 0.6) is 28.7 Å². The fourth-order valence-electron chi connectivity index (χ4n) is 3.61. The van der Waals surface area contributed by atoms with Gasteiger partial charge in [0.2, 0.25) is 0 Å². The van der Waals surface area contributed by atoms with Crippen LogP contribution in [0.25, 0.3) is 6.08 Å². The maximum Gasteiger partial charge on any atom is 0.195 e. The summed E-state index contributed by atoms with van der Waals surface area (Å²) in [7, 11) is 0. The highest BCUT2D eigenvalue weighted by Crippen LogP contribution is 2.44. The monoisotopic (exact) mass is 450 g/mol. The average molecular weight is 450 g/mol. The minimum Gasteiger partial charge on any atom is -0.508 e. The lowest BCUT2D eigenvalue weighted by Gasteiger charge is -2.39. The Balaban J connectivity index is 1.61. The van der Waals surface area contributed by atoms with Gasteiger partial charge >= 0.3 is 0 Å². The van der Waals surface area contributed by atoms with Gasteiger partial charge in [-0.05, 0) is 18.2 Å². The molecule has 11 nitrogen and oxygen atoms in total. The van der Waals surface area contributed by atoms with Crippen LogP contribution < -0.4 is 9.47 Å². The summed E-state index contributed by atoms with van der Waals surface area (Å²) in [5.41, 5.74) is 0.450. The van der Waals surface area contributed by atoms with Crippen molar-refractivity contribution in [1.29, 1.82) is 0 Å². The van der Waals surface area contributed by atoms with Crippen molar-refractivity contribution in [2.75, 3.05) is 6.61 Å². The third-order valence-electron chi connectivity index (χ3n) is 5.32. The van der Waals surface area contributed by atoms with Gasteiger partial charge < -0.3 is 55.1 Å². The third kappa shape index (κ3) is 3.87. The summed E-state index contributed by atoms with van der Waals surface area (Å²) in [5, 5.41) is 79.4. The Morgan fingerprint density at radius 2 is 1.62 bits per heavy atom. The first kappa shape index (κ1) is 22.0. The zero-order valence-electron chi connectivity index (χ0n) is 16.4. The smallest absolute Gasteiger partial charge is 0.195 e. The molecule has 0 radical (unpaired) electrons. The summed E-state index contributed by atoms with van der Waals surface area (Å²) in [6, 6.07) is 6.35. The van der Waals surface area contributed by atoms with Crippen molar-refractivity contribution in [1.82, 2.24) is 0 Å². The standard InChI is InChI=1S/C21H22O11/c22-7-16-17(27)18(28)20(21(29)32-16)30-9-4-12(24)10-6-14(26)19(31-15(10)5-9)8-1-2-11(23)13(25)3-8/h1-6,16-29H,7H2/t16-,17+,18+,19?,20-,21-/m1/s1. The van der Waals surface area contributed by atoms with E-state index in [9.17, 15) is 35.7 Å². The molecule has 2 aliphatic rings. The van der Waals surface area contributed by atoms with Crippen molar-refractivity contribution in [3.63, 3.8) is 0 Å². The summed E-state index contributed by atoms with van der Waals surface area (Å²) in [6.07, 6.45) is -7.26. The number of aliphatic hydroxyl groups is 5. The van der Waals surface area contributed by atoms with Gasteiger partial charge in [-0.3, -0.25) is 0 Å². The van der Waals surface area contributed by atoms with Gasteiger partial charge in [-0.15, -0.1) is 0 Å². The first-order chi connectivity index (χ1) is 15.2. The van der Waals surface area contributed by atoms with Gasteiger partial charge in [-0.1, -0.05) is 6.07 Å². The third-order valence-corrected chi connectivity index (χ3v) is 5.32. The Labute approximate surface area is 181 Å². The average Bonchev–Trinajstić information content (AvgIpc) is 2.76. The Morgan fingerprint density at radius 3 is 2.31 bits per heavy atom. The van der Waals surface area contributed by atoms with E-state index in [0.717, 1.165) is 6.07 Å². The second-order valence-corrected chi connectivity index (χ2v) is 7.48. The Hall–Kier alpha value is -3.22. The Kier molecular flexibility index (Phi) is 5.75. The second-order valence-electron chi connectivity index (χ2n) is 7.48. The van der Waals surface area contributed by atoms with Crippen LogP contribution in [0.15, 0.2) is 36.1 Å². The highest BCUT2D eigenvalue weighted by Gasteiger charge is 2.45. The van der Waals surface area contributed by atoms with Crippen molar-refractivity contribution < 1.29 is 55.1 Å². The highest BCUT2D eigenvalue weighted by atomic mass is 16.7. The topological polar surface area (TPSA) is 190 Å². The predicted octanol–water partition coefficient (Wildman–Crippen LogP) is 0.0147. The summed E-state index contributed by atoms with van der Waals surface area (Å²) in [5.74, 6) is -1.35. The van der Waals surface area contributed by atoms with Crippen molar-refractivity contribution in [3.8, 4) is 28.7 Å². The van der Waals surface area contributed by atoms with Crippen molar-refractivity contribution >= 4 is 6.08 Å². The van der Waals surface area contributed by atoms with Gasteiger partial charge in [-0.25, -0.2) is 0 Å². The zero-order chi connectivity index (χ0) is 23.2. The van der Waals surface area contributed by atoms with E-state index in [1.807, 2.05) is 0 Å². The van der Waals surface area contributed by atoms with E-state index in [1.54, 1.807) is 0 Å². The van der Waals surface area contributed by atoms with Gasteiger partial charge in [-0.2, -0.15) is 0 Å². The molecule has 1 fully saturated rings. The fourth-order valence-corrected chi connectivity index (χ4v) is 3.61. The lowest BCUT2D eigenvalue weighted by molar-refractivity contribution is -0.280. The van der Waals surface area contributed by atoms with Crippen LogP contribution in [0.4, 0.5) is 0 Å². The van der Waals surface area contributed by atoms with Crippen LogP contribution >= 0.6 is 0 Å². The molecule has 4 rings (SSSR count). The molecular formula is C21H22O11. The quantitative estimate of drug-likeness (QED) is 0.293. The lowest BCUT2D eigenvalue weighted by Crippen LogP contribution is -2.60. The van der Waals surface area contributed by atoms with Gasteiger partial charge in [0.15, 0.2) is 30.0 Å². The number of phenols is 3. The first-order valence-corrected chi connectivity index (χ1v) is 9.63. The van der Waals surface area contributed by atoms with Crippen LogP contribution in [0, 0.1) is 0 Å². The number of phenolic OH excluding ortho intramolecular Hbond substituents is 3. The van der Waals surface area contributed by atoms with E-state index in [2.05, 4.69) is 0 Å². The van der Waals surface area contributed by atoms with Crippen LogP contribution in [-0.2, 0) is 4.74 Å². The number of fused-ring (bicyclic) bond motifs is 1. The number of aliphatic hydroxyl groups excluding tert-OH is 5. The summed E-state index contributed by atoms with van der Waals surface area (Å²) < 4.78 is 16.3. The molecule has 0 spiro atoms. The number of aromatic hydroxyl groups is 3. The largest absolute Gasteiger partial charge is 0.508 e. The normalized spacial score (nSPS) is 29.6. The van der Waals surface area contributed by atoms with Gasteiger partial charge in [0, 0.05) is 17.7 Å². The van der Waals surface area contributed by atoms with Crippen LogP contribution in [0.3, 0.4) is 0 Å². The van der Waals surface area contributed by atoms with Crippen LogP contribution in [0.1, 0.15) is 17.2 Å². The Morgan fingerprint density at radius 1 is 0.875 bits per heavy atom. The van der Waals surface area contributed by atoms with E-state index in [0.29, 0.717) is 5.56 Å². The van der Waals surface area contributed by atoms with Gasteiger partial charge in [0.1, 0.15) is 41.3 Å². The number of hydrogen-bond acceptors (Lipinski definition) is 11. The molecular weight excluding hydrogens is 428 g/mol. The molecule has 8 N–H and O–H groups in total. The predicted molar refractivity (Wildman–Crippen MR) is 106 cm³/mol. The number of hydrogen-bond donors (Lipinski definition) is 8. The summed E-state index contributed by atoms with van der Waals surface area (Å²) in [4.78, 5) is 0. The molecule has 2 aromatic carbocycles. The fraction of sp³-hybridized carbons (Fsp3) is 0.333. The van der Waals surface area contributed by atoms with E-state index in [4.69, 9.17) is 19.3 Å². The maximum absolute atomic E-state index is 10.4. The molecule has 2 aliphatic heterocycles. The van der Waals surface area contributed by atoms with Crippen molar-refractivity contribution in [2.45, 2.75) is 36.8 Å². The molecule has 6 atom stereocenters. The van der Waals surface area contributed by atoms with E-state index < -0.39 is 49.2 Å². The maximum atomic E-state index is 10.4. The molecule has 1 unspecified atom stereocenters. The minimum atomic E-state index is -1.68. The Bertz CT molecular complexity index is 1040. The van der Waals surface area contributed by atoms with Crippen molar-refractivity contribution in [2.24, 2.45) is 0 Å².